The van der Waals surface area contributed by atoms with Crippen molar-refractivity contribution in [2.75, 3.05) is 0 Å². The number of hydrogen-bond acceptors (Lipinski definition) is 8. The van der Waals surface area contributed by atoms with Crippen LogP contribution in [0.25, 0.3) is 0 Å². The van der Waals surface area contributed by atoms with Gasteiger partial charge in [-0.1, -0.05) is 0 Å². The molecule has 0 heterocycles. The van der Waals surface area contributed by atoms with Crippen LogP contribution in [0.2, 0.25) is 0 Å². The van der Waals surface area contributed by atoms with Crippen LogP contribution in [0, 0.1) is 0 Å². The molecule has 0 aliphatic carbocycles. The molecule has 10 nitrogen and oxygen atoms in total. The summed E-state index contributed by atoms with van der Waals surface area (Å²) < 4.78 is 0. The van der Waals surface area contributed by atoms with Gasteiger partial charge in [-0.3, -0.25) is 0 Å². The Labute approximate surface area is 139 Å². The molecule has 0 unspecified atom stereocenters. The molecule has 0 rings (SSSR count). The van der Waals surface area contributed by atoms with Crippen molar-refractivity contribution in [3.8, 4) is 0 Å². The maximum absolute atomic E-state index is 7.61. The molecule has 20 heavy (non-hydrogen) atoms. The summed E-state index contributed by atoms with van der Waals surface area (Å²) in [5.74, 6) is 0. The molecule has 0 aliphatic rings. The van der Waals surface area contributed by atoms with Gasteiger partial charge in [0, 0.05) is 34.1 Å². The minimum atomic E-state index is -1.17. The average Bonchev–Trinajstić information content (AvgIpc) is 1.76. The van der Waals surface area contributed by atoms with Crippen molar-refractivity contribution in [2.45, 2.75) is 52.9 Å². The van der Waals surface area contributed by atoms with Crippen LogP contribution in [-0.4, -0.2) is 77.0 Å². The first kappa shape index (κ1) is 49.8. The van der Waals surface area contributed by atoms with E-state index in [2.05, 4.69) is 0 Å². The fourth-order valence-corrected chi connectivity index (χ4v) is 0. The fourth-order valence-electron chi connectivity index (χ4n) is 0. The van der Waals surface area contributed by atoms with E-state index in [1.807, 2.05) is 0 Å². The number of aliphatic hydroxyl groups excluding tert-OH is 4. The molecule has 0 saturated carbocycles. The molecule has 0 spiro atoms. The Kier molecular flexibility index (Phi) is 106. The number of rotatable bonds is 0. The van der Waals surface area contributed by atoms with E-state index in [1.54, 1.807) is 0 Å². The van der Waals surface area contributed by atoms with Crippen molar-refractivity contribution in [3.63, 3.8) is 0 Å². The molecule has 0 aliphatic heterocycles. The van der Waals surface area contributed by atoms with E-state index < -0.39 is 25.2 Å². The minimum Gasteiger partial charge on any atom is -0.412 e. The van der Waals surface area contributed by atoms with Gasteiger partial charge in [-0.15, -0.1) is 0 Å². The Hall–Kier alpha value is 0.639. The monoisotopic (exact) mass is 410 g/mol. The molecule has 0 aromatic heterocycles. The van der Waals surface area contributed by atoms with E-state index in [4.69, 9.17) is 40.9 Å². The molecule has 0 aromatic rings. The fraction of sp³-hybridized carbons (Fsp3) is 1.00. The molecule has 2 radical (unpaired) electrons. The smallest absolute Gasteiger partial charge is 0.148 e. The van der Waals surface area contributed by atoms with Gasteiger partial charge in [-0.2, -0.15) is 0 Å². The molecular weight excluding hydrogens is 383 g/mol. The molecule has 0 aromatic carbocycles. The molecule has 0 atom stereocenters. The molecule has 0 bridgehead atoms. The summed E-state index contributed by atoms with van der Waals surface area (Å²) in [6.45, 7) is 5.11. The quantitative estimate of drug-likeness (QED) is 0.143. The van der Waals surface area contributed by atoms with Crippen LogP contribution in [-0.2, 0) is 34.1 Å². The predicted octanol–water partition coefficient (Wildman–Crippen LogP) is -4.39. The number of hydrogen-bond donors (Lipinski definition) is 8. The first-order valence-corrected chi connectivity index (χ1v) is 4.37. The third kappa shape index (κ3) is 14200. The van der Waals surface area contributed by atoms with Gasteiger partial charge >= 0.3 is 0 Å². The summed E-state index contributed by atoms with van der Waals surface area (Å²) in [6.07, 6.45) is -4.67. The Bertz CT molecular complexity index is 70.2. The van der Waals surface area contributed by atoms with Gasteiger partial charge in [0.2, 0.25) is 0 Å². The Morgan fingerprint density at radius 3 is 0.400 bits per heavy atom. The maximum atomic E-state index is 7.61. The SMILES string of the molecule is CC(O)O.CC(O)O.CC(O)O.CC(O)O.O.O.[Cu].[Cu]. The summed E-state index contributed by atoms with van der Waals surface area (Å²) in [5.41, 5.74) is 0. The van der Waals surface area contributed by atoms with Crippen LogP contribution in [0.5, 0.6) is 0 Å². The molecule has 0 amide bonds. The second kappa shape index (κ2) is 42.7. The standard InChI is InChI=1S/4C2H6O2.2Cu.2H2O/c4*1-2(3)4;;;;/h4*2-4H,1H3;;;2*1H2. The zero-order valence-electron chi connectivity index (χ0n) is 11.5. The maximum Gasteiger partial charge on any atom is 0.148 e. The average molecular weight is 411 g/mol. The largest absolute Gasteiger partial charge is 0.412 e. The Morgan fingerprint density at radius 2 is 0.400 bits per heavy atom. The van der Waals surface area contributed by atoms with E-state index in [-0.39, 0.29) is 45.1 Å². The zero-order chi connectivity index (χ0) is 14.3. The third-order valence-electron chi connectivity index (χ3n) is 0. The van der Waals surface area contributed by atoms with E-state index in [9.17, 15) is 0 Å². The summed E-state index contributed by atoms with van der Waals surface area (Å²) >= 11 is 0. The van der Waals surface area contributed by atoms with Crippen molar-refractivity contribution in [3.05, 3.63) is 0 Å². The van der Waals surface area contributed by atoms with Gasteiger partial charge in [0.05, 0.1) is 0 Å². The van der Waals surface area contributed by atoms with Crippen molar-refractivity contribution in [1.29, 1.82) is 0 Å². The molecular formula is C8H28Cu2O10. The van der Waals surface area contributed by atoms with Crippen LogP contribution in [0.1, 0.15) is 27.7 Å². The molecule has 12 N–H and O–H groups in total. The van der Waals surface area contributed by atoms with Crippen molar-refractivity contribution < 1.29 is 85.9 Å². The topological polar surface area (TPSA) is 225 Å². The Balaban J connectivity index is -0.0000000150. The van der Waals surface area contributed by atoms with Gasteiger partial charge in [-0.25, -0.2) is 0 Å². The molecule has 0 saturated heterocycles. The number of aliphatic hydroxyl groups is 8. The van der Waals surface area contributed by atoms with Gasteiger partial charge in [0.15, 0.2) is 0 Å². The van der Waals surface area contributed by atoms with Crippen LogP contribution in [0.3, 0.4) is 0 Å². The zero-order valence-corrected chi connectivity index (χ0v) is 13.4. The molecule has 12 heteroatoms. The Morgan fingerprint density at radius 1 is 0.400 bits per heavy atom. The predicted molar refractivity (Wildman–Crippen MR) is 62.8 cm³/mol. The molecule has 142 valence electrons. The van der Waals surface area contributed by atoms with Crippen molar-refractivity contribution in [1.82, 2.24) is 0 Å². The summed E-state index contributed by atoms with van der Waals surface area (Å²) in [6, 6.07) is 0. The van der Waals surface area contributed by atoms with Crippen LogP contribution in [0.15, 0.2) is 0 Å². The van der Waals surface area contributed by atoms with Crippen LogP contribution < -0.4 is 0 Å². The first-order chi connectivity index (χ1) is 6.93. The van der Waals surface area contributed by atoms with Gasteiger partial charge in [0.25, 0.3) is 0 Å². The van der Waals surface area contributed by atoms with Gasteiger partial charge in [0.1, 0.15) is 25.2 Å². The van der Waals surface area contributed by atoms with Crippen LogP contribution in [0.4, 0.5) is 0 Å². The van der Waals surface area contributed by atoms with Crippen LogP contribution >= 0.6 is 0 Å². The van der Waals surface area contributed by atoms with E-state index >= 15 is 0 Å². The summed E-state index contributed by atoms with van der Waals surface area (Å²) in [5, 5.41) is 60.9. The van der Waals surface area contributed by atoms with Gasteiger partial charge in [-0.05, 0) is 27.7 Å². The minimum absolute atomic E-state index is 0. The molecule has 0 fully saturated rings. The normalized spacial score (nSPS) is 7.20. The second-order valence-corrected chi connectivity index (χ2v) is 2.53. The van der Waals surface area contributed by atoms with Gasteiger partial charge < -0.3 is 51.8 Å². The van der Waals surface area contributed by atoms with Crippen molar-refractivity contribution >= 4 is 0 Å². The van der Waals surface area contributed by atoms with Crippen molar-refractivity contribution in [2.24, 2.45) is 0 Å². The van der Waals surface area contributed by atoms with E-state index in [0.29, 0.717) is 0 Å². The summed E-state index contributed by atoms with van der Waals surface area (Å²) in [4.78, 5) is 0. The third-order valence-corrected chi connectivity index (χ3v) is 0. The van der Waals surface area contributed by atoms with E-state index in [0.717, 1.165) is 0 Å². The first-order valence-electron chi connectivity index (χ1n) is 4.37. The second-order valence-electron chi connectivity index (χ2n) is 2.53. The van der Waals surface area contributed by atoms with E-state index in [1.165, 1.54) is 27.7 Å². The summed E-state index contributed by atoms with van der Waals surface area (Å²) in [7, 11) is 0.